The summed E-state index contributed by atoms with van der Waals surface area (Å²) in [6.45, 7) is 0. The number of thiophene rings is 1. The Balaban J connectivity index is 2.66. The summed E-state index contributed by atoms with van der Waals surface area (Å²) >= 11 is 1.33. The molecule has 0 aliphatic rings. The van der Waals surface area contributed by atoms with Crippen LogP contribution in [0.15, 0.2) is 17.5 Å². The topological polar surface area (TPSA) is 77.5 Å². The number of rotatable bonds is 4. The van der Waals surface area contributed by atoms with Crippen LogP contribution in [0.4, 0.5) is 5.00 Å². The van der Waals surface area contributed by atoms with Gasteiger partial charge in [-0.05, 0) is 17.7 Å². The number of nitrogen functional groups attached to an aromatic ring is 1. The Morgan fingerprint density at radius 3 is 2.15 bits per heavy atom. The van der Waals surface area contributed by atoms with Crippen molar-refractivity contribution in [2.24, 2.45) is 0 Å². The van der Waals surface area contributed by atoms with E-state index in [1.54, 1.807) is 33.5 Å². The molecule has 2 aromatic rings. The van der Waals surface area contributed by atoms with Crippen molar-refractivity contribution in [3.63, 3.8) is 0 Å². The molecule has 0 saturated heterocycles. The van der Waals surface area contributed by atoms with Crippen molar-refractivity contribution in [2.45, 2.75) is 0 Å². The molecule has 0 amide bonds. The van der Waals surface area contributed by atoms with E-state index >= 15 is 0 Å². The molecule has 2 N–H and O–H groups in total. The molecule has 0 aliphatic heterocycles. The molecule has 5 nitrogen and oxygen atoms in total. The first kappa shape index (κ1) is 14.0. The molecule has 0 atom stereocenters. The van der Waals surface area contributed by atoms with E-state index in [2.05, 4.69) is 6.07 Å². The van der Waals surface area contributed by atoms with Crippen LogP contribution in [0.5, 0.6) is 17.2 Å². The van der Waals surface area contributed by atoms with Gasteiger partial charge in [-0.3, -0.25) is 0 Å². The maximum atomic E-state index is 9.19. The van der Waals surface area contributed by atoms with Crippen LogP contribution in [0.25, 0.3) is 11.1 Å². The fourth-order valence-electron chi connectivity index (χ4n) is 1.94. The molecule has 1 aromatic carbocycles. The number of methoxy groups -OCH3 is 3. The standard InChI is InChI=1S/C14H14N2O3S/c1-17-11-4-8(5-12(18-2)13(11)19-3)10-7-20-14(16)9(10)6-15/h4-5,7H,16H2,1-3H3. The van der Waals surface area contributed by atoms with Gasteiger partial charge in [-0.1, -0.05) is 0 Å². The van der Waals surface area contributed by atoms with E-state index in [4.69, 9.17) is 19.9 Å². The highest BCUT2D eigenvalue weighted by Gasteiger charge is 2.17. The molecule has 0 spiro atoms. The highest BCUT2D eigenvalue weighted by Crippen LogP contribution is 2.43. The maximum absolute atomic E-state index is 9.19. The third-order valence-electron chi connectivity index (χ3n) is 2.91. The van der Waals surface area contributed by atoms with Gasteiger partial charge in [0.05, 0.1) is 26.9 Å². The molecule has 0 saturated carbocycles. The van der Waals surface area contributed by atoms with Crippen LogP contribution in [-0.4, -0.2) is 21.3 Å². The van der Waals surface area contributed by atoms with Gasteiger partial charge in [-0.15, -0.1) is 11.3 Å². The second-order valence-electron chi connectivity index (χ2n) is 3.91. The summed E-state index contributed by atoms with van der Waals surface area (Å²) in [5, 5.41) is 11.5. The smallest absolute Gasteiger partial charge is 0.203 e. The van der Waals surface area contributed by atoms with E-state index in [0.717, 1.165) is 11.1 Å². The van der Waals surface area contributed by atoms with Gasteiger partial charge in [0.2, 0.25) is 5.75 Å². The Hall–Kier alpha value is -2.39. The lowest BCUT2D eigenvalue weighted by Gasteiger charge is -2.13. The maximum Gasteiger partial charge on any atom is 0.203 e. The summed E-state index contributed by atoms with van der Waals surface area (Å²) in [4.78, 5) is 0. The van der Waals surface area contributed by atoms with Gasteiger partial charge < -0.3 is 19.9 Å². The van der Waals surface area contributed by atoms with Gasteiger partial charge in [0.15, 0.2) is 11.5 Å². The minimum absolute atomic E-state index is 0.462. The van der Waals surface area contributed by atoms with Crippen LogP contribution >= 0.6 is 11.3 Å². The Labute approximate surface area is 121 Å². The van der Waals surface area contributed by atoms with E-state index in [9.17, 15) is 5.26 Å². The van der Waals surface area contributed by atoms with Crippen molar-refractivity contribution >= 4 is 16.3 Å². The molecule has 6 heteroatoms. The summed E-state index contributed by atoms with van der Waals surface area (Å²) in [6.07, 6.45) is 0. The van der Waals surface area contributed by atoms with Crippen LogP contribution < -0.4 is 19.9 Å². The Morgan fingerprint density at radius 1 is 1.10 bits per heavy atom. The molecule has 1 heterocycles. The molecule has 0 bridgehead atoms. The van der Waals surface area contributed by atoms with E-state index in [-0.39, 0.29) is 0 Å². The Morgan fingerprint density at radius 2 is 1.70 bits per heavy atom. The third kappa shape index (κ3) is 2.24. The van der Waals surface area contributed by atoms with Crippen molar-refractivity contribution < 1.29 is 14.2 Å². The number of nitrogens with zero attached hydrogens (tertiary/aromatic N) is 1. The summed E-state index contributed by atoms with van der Waals surface area (Å²) < 4.78 is 15.9. The SMILES string of the molecule is COc1cc(-c2csc(N)c2C#N)cc(OC)c1OC. The van der Waals surface area contributed by atoms with Crippen LogP contribution in [0.2, 0.25) is 0 Å². The highest BCUT2D eigenvalue weighted by atomic mass is 32.1. The van der Waals surface area contributed by atoms with Crippen LogP contribution in [-0.2, 0) is 0 Å². The zero-order chi connectivity index (χ0) is 14.7. The summed E-state index contributed by atoms with van der Waals surface area (Å²) in [6, 6.07) is 5.71. The monoisotopic (exact) mass is 290 g/mol. The first-order valence-electron chi connectivity index (χ1n) is 5.73. The molecule has 0 radical (unpaired) electrons. The number of ether oxygens (including phenoxy) is 3. The number of hydrogen-bond donors (Lipinski definition) is 1. The molecular weight excluding hydrogens is 276 g/mol. The lowest BCUT2D eigenvalue weighted by Crippen LogP contribution is -1.96. The highest BCUT2D eigenvalue weighted by molar-refractivity contribution is 7.14. The van der Waals surface area contributed by atoms with Crippen LogP contribution in [0.1, 0.15) is 5.56 Å². The summed E-state index contributed by atoms with van der Waals surface area (Å²) in [5.74, 6) is 1.59. The Bertz CT molecular complexity index is 649. The van der Waals surface area contributed by atoms with Gasteiger partial charge in [0.25, 0.3) is 0 Å². The Kier molecular flexibility index (Phi) is 4.01. The quantitative estimate of drug-likeness (QED) is 0.936. The molecule has 0 fully saturated rings. The molecule has 104 valence electrons. The molecule has 0 aliphatic carbocycles. The zero-order valence-corrected chi connectivity index (χ0v) is 12.2. The summed E-state index contributed by atoms with van der Waals surface area (Å²) in [7, 11) is 4.64. The number of nitriles is 1. The van der Waals surface area contributed by atoms with E-state index in [1.807, 2.05) is 5.38 Å². The zero-order valence-electron chi connectivity index (χ0n) is 11.4. The molecule has 0 unspecified atom stereocenters. The third-order valence-corrected chi connectivity index (χ3v) is 3.72. The lowest BCUT2D eigenvalue weighted by atomic mass is 10.0. The lowest BCUT2D eigenvalue weighted by molar-refractivity contribution is 0.324. The molecule has 1 aromatic heterocycles. The van der Waals surface area contributed by atoms with Crippen molar-refractivity contribution in [3.05, 3.63) is 23.1 Å². The summed E-state index contributed by atoms with van der Waals surface area (Å²) in [5.41, 5.74) is 7.81. The number of anilines is 1. The predicted octanol–water partition coefficient (Wildman–Crippen LogP) is 2.89. The van der Waals surface area contributed by atoms with Gasteiger partial charge in [0.1, 0.15) is 11.1 Å². The predicted molar refractivity (Wildman–Crippen MR) is 78.5 cm³/mol. The molecular formula is C14H14N2O3S. The number of hydrogen-bond acceptors (Lipinski definition) is 6. The van der Waals surface area contributed by atoms with Crippen molar-refractivity contribution in [1.29, 1.82) is 5.26 Å². The number of benzene rings is 1. The van der Waals surface area contributed by atoms with E-state index < -0.39 is 0 Å². The van der Waals surface area contributed by atoms with E-state index in [1.165, 1.54) is 11.3 Å². The van der Waals surface area contributed by atoms with Gasteiger partial charge in [-0.2, -0.15) is 5.26 Å². The van der Waals surface area contributed by atoms with Crippen LogP contribution in [0, 0.1) is 11.3 Å². The minimum atomic E-state index is 0.462. The first-order valence-corrected chi connectivity index (χ1v) is 6.61. The first-order chi connectivity index (χ1) is 9.65. The van der Waals surface area contributed by atoms with Gasteiger partial charge in [-0.25, -0.2) is 0 Å². The average Bonchev–Trinajstić information content (AvgIpc) is 2.86. The van der Waals surface area contributed by atoms with Crippen molar-refractivity contribution in [1.82, 2.24) is 0 Å². The van der Waals surface area contributed by atoms with E-state index in [0.29, 0.717) is 27.8 Å². The van der Waals surface area contributed by atoms with Crippen molar-refractivity contribution in [2.75, 3.05) is 27.1 Å². The van der Waals surface area contributed by atoms with Gasteiger partial charge in [0, 0.05) is 10.9 Å². The van der Waals surface area contributed by atoms with Crippen molar-refractivity contribution in [3.8, 4) is 34.4 Å². The minimum Gasteiger partial charge on any atom is -0.493 e. The van der Waals surface area contributed by atoms with Crippen LogP contribution in [0.3, 0.4) is 0 Å². The average molecular weight is 290 g/mol. The largest absolute Gasteiger partial charge is 0.493 e. The molecule has 20 heavy (non-hydrogen) atoms. The fraction of sp³-hybridized carbons (Fsp3) is 0.214. The number of nitrogens with two attached hydrogens (primary N) is 1. The second-order valence-corrected chi connectivity index (χ2v) is 4.83. The molecule has 2 rings (SSSR count). The normalized spacial score (nSPS) is 9.90. The fourth-order valence-corrected chi connectivity index (χ4v) is 2.71. The second kappa shape index (κ2) is 5.72. The van der Waals surface area contributed by atoms with Gasteiger partial charge >= 0.3 is 0 Å².